The van der Waals surface area contributed by atoms with Crippen molar-refractivity contribution in [2.24, 2.45) is 0 Å². The number of fused-ring (bicyclic) bond motifs is 1. The average molecular weight is 304 g/mol. The fourth-order valence-electron chi connectivity index (χ4n) is 2.74. The molecule has 1 amide bonds. The molecule has 1 atom stereocenters. The Labute approximate surface area is 128 Å². The van der Waals surface area contributed by atoms with Gasteiger partial charge in [0, 0.05) is 30.3 Å². The number of hydrogen-bond donors (Lipinski definition) is 1. The second-order valence-electron chi connectivity index (χ2n) is 5.67. The number of nitrogens with zero attached hydrogens (tertiary/aromatic N) is 1. The summed E-state index contributed by atoms with van der Waals surface area (Å²) in [6.07, 6.45) is 2.27. The van der Waals surface area contributed by atoms with Crippen LogP contribution in [-0.4, -0.2) is 37.1 Å². The molecule has 112 valence electrons. The molecule has 1 unspecified atom stereocenters. The number of nitrogens with two attached hydrogens (primary N) is 1. The summed E-state index contributed by atoms with van der Waals surface area (Å²) in [4.78, 5) is 15.0. The van der Waals surface area contributed by atoms with Gasteiger partial charge in [-0.25, -0.2) is 0 Å². The Morgan fingerprint density at radius 2 is 2.33 bits per heavy atom. The molecular weight excluding hydrogens is 284 g/mol. The van der Waals surface area contributed by atoms with Crippen molar-refractivity contribution < 1.29 is 9.53 Å². The van der Waals surface area contributed by atoms with Gasteiger partial charge in [-0.2, -0.15) is 0 Å². The molecule has 4 nitrogen and oxygen atoms in total. The normalized spacial score (nSPS) is 18.3. The summed E-state index contributed by atoms with van der Waals surface area (Å²) in [5.41, 5.74) is 7.94. The summed E-state index contributed by atoms with van der Waals surface area (Å²) in [5.74, 6) is -0.0122. The number of anilines is 1. The van der Waals surface area contributed by atoms with Crippen LogP contribution in [0.4, 0.5) is 5.69 Å². The van der Waals surface area contributed by atoms with Crippen LogP contribution in [0.25, 0.3) is 10.1 Å². The van der Waals surface area contributed by atoms with E-state index in [9.17, 15) is 4.79 Å². The summed E-state index contributed by atoms with van der Waals surface area (Å²) < 4.78 is 6.65. The second-order valence-corrected chi connectivity index (χ2v) is 6.72. The Kier molecular flexibility index (Phi) is 3.87. The molecule has 21 heavy (non-hydrogen) atoms. The number of likely N-dealkylation sites (N-methyl/N-ethyl adjacent to an activating group) is 1. The third kappa shape index (κ3) is 2.76. The number of nitrogen functional groups attached to an aromatic ring is 1. The molecule has 1 fully saturated rings. The van der Waals surface area contributed by atoms with Crippen LogP contribution >= 0.6 is 11.3 Å². The summed E-state index contributed by atoms with van der Waals surface area (Å²) >= 11 is 1.47. The zero-order valence-electron chi connectivity index (χ0n) is 12.4. The van der Waals surface area contributed by atoms with Gasteiger partial charge in [0.25, 0.3) is 5.91 Å². The van der Waals surface area contributed by atoms with Gasteiger partial charge in [0.1, 0.15) is 4.88 Å². The van der Waals surface area contributed by atoms with Gasteiger partial charge in [0.05, 0.1) is 11.8 Å². The lowest BCUT2D eigenvalue weighted by molar-refractivity contribution is 0.0591. The minimum Gasteiger partial charge on any atom is -0.397 e. The highest BCUT2D eigenvalue weighted by Gasteiger charge is 2.24. The number of amides is 1. The van der Waals surface area contributed by atoms with Crippen molar-refractivity contribution in [1.82, 2.24) is 4.90 Å². The van der Waals surface area contributed by atoms with Gasteiger partial charge < -0.3 is 15.4 Å². The summed E-state index contributed by atoms with van der Waals surface area (Å²) in [5, 5.41) is 0.980. The van der Waals surface area contributed by atoms with Gasteiger partial charge in [-0.05, 0) is 31.9 Å². The van der Waals surface area contributed by atoms with E-state index in [2.05, 4.69) is 0 Å². The predicted molar refractivity (Wildman–Crippen MR) is 86.9 cm³/mol. The smallest absolute Gasteiger partial charge is 0.265 e. The maximum atomic E-state index is 12.6. The van der Waals surface area contributed by atoms with Gasteiger partial charge in [0.2, 0.25) is 0 Å². The molecule has 2 heterocycles. The van der Waals surface area contributed by atoms with E-state index in [4.69, 9.17) is 10.5 Å². The number of carbonyl (C=O) groups excluding carboxylic acids is 1. The zero-order chi connectivity index (χ0) is 15.0. The van der Waals surface area contributed by atoms with E-state index in [0.717, 1.165) is 35.1 Å². The fourth-order valence-corrected chi connectivity index (χ4v) is 3.84. The van der Waals surface area contributed by atoms with E-state index in [1.807, 2.05) is 32.2 Å². The quantitative estimate of drug-likeness (QED) is 0.948. The first-order valence-electron chi connectivity index (χ1n) is 7.22. The van der Waals surface area contributed by atoms with Gasteiger partial charge in [-0.15, -0.1) is 11.3 Å². The van der Waals surface area contributed by atoms with Crippen molar-refractivity contribution >= 4 is 33.0 Å². The van der Waals surface area contributed by atoms with E-state index in [-0.39, 0.29) is 12.0 Å². The Hall–Kier alpha value is -1.59. The Morgan fingerprint density at radius 1 is 1.52 bits per heavy atom. The van der Waals surface area contributed by atoms with Crippen LogP contribution in [0, 0.1) is 6.92 Å². The maximum absolute atomic E-state index is 12.6. The summed E-state index contributed by atoms with van der Waals surface area (Å²) in [7, 11) is 1.82. The van der Waals surface area contributed by atoms with Crippen LogP contribution < -0.4 is 5.73 Å². The van der Waals surface area contributed by atoms with Gasteiger partial charge >= 0.3 is 0 Å². The molecule has 0 aliphatic carbocycles. The highest BCUT2D eigenvalue weighted by Crippen LogP contribution is 2.35. The largest absolute Gasteiger partial charge is 0.397 e. The lowest BCUT2D eigenvalue weighted by atomic mass is 10.1. The molecule has 3 rings (SSSR count). The lowest BCUT2D eigenvalue weighted by Crippen LogP contribution is -2.33. The molecule has 5 heteroatoms. The first kappa shape index (κ1) is 14.4. The van der Waals surface area contributed by atoms with Crippen LogP contribution in [-0.2, 0) is 4.74 Å². The number of hydrogen-bond acceptors (Lipinski definition) is 4. The van der Waals surface area contributed by atoms with Crippen LogP contribution in [0.2, 0.25) is 0 Å². The minimum atomic E-state index is -0.0122. The number of ether oxygens (including phenoxy) is 1. The molecule has 1 aromatic carbocycles. The first-order valence-corrected chi connectivity index (χ1v) is 8.03. The number of benzene rings is 1. The fraction of sp³-hybridized carbons (Fsp3) is 0.438. The number of thiophene rings is 1. The summed E-state index contributed by atoms with van der Waals surface area (Å²) in [6.45, 7) is 3.46. The molecule has 1 aromatic heterocycles. The van der Waals surface area contributed by atoms with E-state index in [1.165, 1.54) is 11.3 Å². The third-order valence-electron chi connectivity index (χ3n) is 3.92. The standard InChI is InChI=1S/C16H20N2O2S/c1-10-5-6-13-12(8-10)14(17)15(21-13)16(19)18(2)9-11-4-3-7-20-11/h5-6,8,11H,3-4,7,9,17H2,1-2H3. The average Bonchev–Trinajstić information content (AvgIpc) is 3.07. The Balaban J connectivity index is 1.85. The molecule has 2 N–H and O–H groups in total. The van der Waals surface area contributed by atoms with Crippen LogP contribution in [0.3, 0.4) is 0 Å². The van der Waals surface area contributed by atoms with Crippen molar-refractivity contribution in [3.63, 3.8) is 0 Å². The molecular formula is C16H20N2O2S. The van der Waals surface area contributed by atoms with Crippen molar-refractivity contribution in [2.45, 2.75) is 25.9 Å². The van der Waals surface area contributed by atoms with Crippen molar-refractivity contribution in [1.29, 1.82) is 0 Å². The Bertz CT molecular complexity index is 674. The molecule has 2 aromatic rings. The molecule has 1 aliphatic rings. The third-order valence-corrected chi connectivity index (χ3v) is 5.10. The van der Waals surface area contributed by atoms with Crippen molar-refractivity contribution in [2.75, 3.05) is 25.9 Å². The van der Waals surface area contributed by atoms with Crippen molar-refractivity contribution in [3.8, 4) is 0 Å². The van der Waals surface area contributed by atoms with E-state index in [0.29, 0.717) is 17.1 Å². The molecule has 1 aliphatic heterocycles. The highest BCUT2D eigenvalue weighted by molar-refractivity contribution is 7.21. The number of rotatable bonds is 3. The van der Waals surface area contributed by atoms with Gasteiger partial charge in [-0.1, -0.05) is 11.6 Å². The first-order chi connectivity index (χ1) is 10.1. The highest BCUT2D eigenvalue weighted by atomic mass is 32.1. The van der Waals surface area contributed by atoms with Crippen LogP contribution in [0.1, 0.15) is 28.1 Å². The topological polar surface area (TPSA) is 55.6 Å². The molecule has 0 bridgehead atoms. The number of aryl methyl sites for hydroxylation is 1. The van der Waals surface area contributed by atoms with Gasteiger partial charge in [0.15, 0.2) is 0 Å². The van der Waals surface area contributed by atoms with Crippen LogP contribution in [0.5, 0.6) is 0 Å². The van der Waals surface area contributed by atoms with E-state index < -0.39 is 0 Å². The summed E-state index contributed by atoms with van der Waals surface area (Å²) in [6, 6.07) is 6.11. The predicted octanol–water partition coefficient (Wildman–Crippen LogP) is 3.04. The SMILES string of the molecule is Cc1ccc2sc(C(=O)N(C)CC3CCCO3)c(N)c2c1. The van der Waals surface area contributed by atoms with Crippen molar-refractivity contribution in [3.05, 3.63) is 28.6 Å². The molecule has 0 spiro atoms. The van der Waals surface area contributed by atoms with Gasteiger partial charge in [-0.3, -0.25) is 4.79 Å². The van der Waals surface area contributed by atoms with E-state index in [1.54, 1.807) is 4.90 Å². The second kappa shape index (κ2) is 5.66. The van der Waals surface area contributed by atoms with Crippen LogP contribution in [0.15, 0.2) is 18.2 Å². The molecule has 0 saturated carbocycles. The van der Waals surface area contributed by atoms with E-state index >= 15 is 0 Å². The monoisotopic (exact) mass is 304 g/mol. The lowest BCUT2D eigenvalue weighted by Gasteiger charge is -2.20. The zero-order valence-corrected chi connectivity index (χ0v) is 13.2. The Morgan fingerprint density at radius 3 is 3.05 bits per heavy atom. The minimum absolute atomic E-state index is 0.0122. The molecule has 1 saturated heterocycles. The maximum Gasteiger partial charge on any atom is 0.265 e. The molecule has 0 radical (unpaired) electrons. The number of carbonyl (C=O) groups is 1.